The fraction of sp³-hybridized carbons (Fsp3) is 0.609. The van der Waals surface area contributed by atoms with E-state index in [1.54, 1.807) is 0 Å². The summed E-state index contributed by atoms with van der Waals surface area (Å²) in [5.41, 5.74) is 0.722. The molecule has 0 spiro atoms. The van der Waals surface area contributed by atoms with Crippen molar-refractivity contribution in [3.8, 4) is 0 Å². The molecule has 2 amide bonds. The van der Waals surface area contributed by atoms with Crippen LogP contribution in [0.25, 0.3) is 0 Å². The van der Waals surface area contributed by atoms with Gasteiger partial charge in [0.1, 0.15) is 5.60 Å². The first-order valence-electron chi connectivity index (χ1n) is 10.9. The van der Waals surface area contributed by atoms with Crippen LogP contribution in [-0.2, 0) is 16.1 Å². The lowest BCUT2D eigenvalue weighted by molar-refractivity contribution is -0.114. The molecule has 0 unspecified atom stereocenters. The van der Waals surface area contributed by atoms with E-state index < -0.39 is 17.2 Å². The first kappa shape index (κ1) is 30.0. The zero-order valence-corrected chi connectivity index (χ0v) is 22.8. The van der Waals surface area contributed by atoms with Gasteiger partial charge in [0.15, 0.2) is 5.96 Å². The summed E-state index contributed by atoms with van der Waals surface area (Å²) in [6.45, 7) is 14.8. The molecule has 0 fully saturated rings. The third-order valence-corrected chi connectivity index (χ3v) is 4.73. The number of carbonyl (C=O) groups is 2. The van der Waals surface area contributed by atoms with E-state index in [2.05, 4.69) is 26.3 Å². The number of carbonyl (C=O) groups excluding carboxylic acids is 2. The smallest absolute Gasteiger partial charge is 0.408 e. The Bertz CT molecular complexity index is 758. The fourth-order valence-electron chi connectivity index (χ4n) is 2.96. The van der Waals surface area contributed by atoms with E-state index in [0.29, 0.717) is 25.6 Å². The summed E-state index contributed by atoms with van der Waals surface area (Å²) in [7, 11) is 0. The van der Waals surface area contributed by atoms with Crippen molar-refractivity contribution in [1.29, 1.82) is 0 Å². The van der Waals surface area contributed by atoms with Crippen LogP contribution in [0, 0.1) is 0 Å². The molecule has 0 saturated heterocycles. The predicted octanol–water partition coefficient (Wildman–Crippen LogP) is 4.40. The molecule has 1 rings (SSSR count). The third-order valence-electron chi connectivity index (χ3n) is 4.73. The molecule has 0 heterocycles. The number of benzene rings is 1. The van der Waals surface area contributed by atoms with E-state index in [0.717, 1.165) is 24.1 Å². The van der Waals surface area contributed by atoms with Gasteiger partial charge in [0.05, 0.1) is 12.1 Å². The van der Waals surface area contributed by atoms with Gasteiger partial charge < -0.3 is 26.0 Å². The molecule has 0 atom stereocenters. The van der Waals surface area contributed by atoms with E-state index in [9.17, 15) is 9.59 Å². The number of halogens is 1. The Balaban J connectivity index is 0.00000961. The van der Waals surface area contributed by atoms with Crippen molar-refractivity contribution < 1.29 is 14.3 Å². The summed E-state index contributed by atoms with van der Waals surface area (Å²) >= 11 is 0. The number of guanidine groups is 1. The Morgan fingerprint density at radius 1 is 1.06 bits per heavy atom. The van der Waals surface area contributed by atoms with Crippen molar-refractivity contribution in [1.82, 2.24) is 16.0 Å². The molecule has 8 nitrogen and oxygen atoms in total. The largest absolute Gasteiger partial charge is 0.444 e. The highest BCUT2D eigenvalue weighted by Crippen LogP contribution is 2.16. The first-order chi connectivity index (χ1) is 14.5. The van der Waals surface area contributed by atoms with E-state index in [1.807, 2.05) is 65.8 Å². The molecule has 182 valence electrons. The van der Waals surface area contributed by atoms with E-state index in [4.69, 9.17) is 4.74 Å². The molecule has 0 aliphatic carbocycles. The highest BCUT2D eigenvalue weighted by Gasteiger charge is 2.30. The summed E-state index contributed by atoms with van der Waals surface area (Å²) in [5, 5.41) is 12.4. The van der Waals surface area contributed by atoms with E-state index in [1.165, 1.54) is 6.92 Å². The van der Waals surface area contributed by atoms with Crippen molar-refractivity contribution in [3.63, 3.8) is 0 Å². The summed E-state index contributed by atoms with van der Waals surface area (Å²) in [5.74, 6) is 0.549. The average molecular weight is 562 g/mol. The minimum atomic E-state index is -0.549. The fourth-order valence-corrected chi connectivity index (χ4v) is 2.96. The standard InChI is InChI=1S/C23H39N5O3.HI/c1-8-23(9-2,28-21(30)31-22(5,6)7)16-26-20(24-10-3)25-15-18-12-11-13-19(14-18)27-17(4)29;/h11-14H,8-10,15-16H2,1-7H3,(H,27,29)(H,28,30)(H2,24,25,26);1H. The maximum Gasteiger partial charge on any atom is 0.408 e. The molecule has 4 N–H and O–H groups in total. The SMILES string of the molecule is CCNC(=NCc1cccc(NC(C)=O)c1)NCC(CC)(CC)NC(=O)OC(C)(C)C.I. The number of nitrogens with zero attached hydrogens (tertiary/aromatic N) is 1. The van der Waals surface area contributed by atoms with Crippen molar-refractivity contribution >= 4 is 47.6 Å². The molecule has 9 heteroatoms. The Labute approximate surface area is 209 Å². The zero-order valence-electron chi connectivity index (χ0n) is 20.4. The van der Waals surface area contributed by atoms with Crippen LogP contribution in [0.5, 0.6) is 0 Å². The van der Waals surface area contributed by atoms with Crippen LogP contribution in [0.2, 0.25) is 0 Å². The Morgan fingerprint density at radius 2 is 1.72 bits per heavy atom. The maximum absolute atomic E-state index is 12.3. The number of anilines is 1. The minimum Gasteiger partial charge on any atom is -0.444 e. The highest BCUT2D eigenvalue weighted by atomic mass is 127. The van der Waals surface area contributed by atoms with Crippen LogP contribution in [0.1, 0.15) is 66.9 Å². The van der Waals surface area contributed by atoms with E-state index >= 15 is 0 Å². The van der Waals surface area contributed by atoms with Gasteiger partial charge in [-0.2, -0.15) is 0 Å². The van der Waals surface area contributed by atoms with Gasteiger partial charge in [-0.3, -0.25) is 4.79 Å². The lowest BCUT2D eigenvalue weighted by Crippen LogP contribution is -2.57. The second kappa shape index (κ2) is 14.2. The summed E-state index contributed by atoms with van der Waals surface area (Å²) < 4.78 is 5.44. The van der Waals surface area contributed by atoms with Crippen LogP contribution in [0.15, 0.2) is 29.3 Å². The summed E-state index contributed by atoms with van der Waals surface area (Å²) in [6, 6.07) is 7.60. The second-order valence-electron chi connectivity index (χ2n) is 8.54. The quantitative estimate of drug-likeness (QED) is 0.203. The van der Waals surface area contributed by atoms with Crippen molar-refractivity contribution in [2.75, 3.05) is 18.4 Å². The molecule has 0 bridgehead atoms. The molecule has 0 aliphatic heterocycles. The number of hydrogen-bond donors (Lipinski definition) is 4. The van der Waals surface area contributed by atoms with Gasteiger partial charge in [-0.25, -0.2) is 9.79 Å². The normalized spacial score (nSPS) is 11.8. The van der Waals surface area contributed by atoms with Gasteiger partial charge in [-0.1, -0.05) is 26.0 Å². The Morgan fingerprint density at radius 3 is 2.25 bits per heavy atom. The minimum absolute atomic E-state index is 0. The van der Waals surface area contributed by atoms with Crippen LogP contribution < -0.4 is 21.3 Å². The van der Waals surface area contributed by atoms with Gasteiger partial charge in [0, 0.05) is 25.7 Å². The average Bonchev–Trinajstić information content (AvgIpc) is 2.67. The molecular weight excluding hydrogens is 521 g/mol. The Hall–Kier alpha value is -2.04. The lowest BCUT2D eigenvalue weighted by Gasteiger charge is -2.34. The number of nitrogens with one attached hydrogen (secondary N) is 4. The number of ether oxygens (including phenoxy) is 1. The van der Waals surface area contributed by atoms with Crippen LogP contribution in [0.3, 0.4) is 0 Å². The van der Waals surface area contributed by atoms with Crippen LogP contribution in [0.4, 0.5) is 10.5 Å². The van der Waals surface area contributed by atoms with E-state index in [-0.39, 0.29) is 29.9 Å². The third kappa shape index (κ3) is 11.5. The topological polar surface area (TPSA) is 104 Å². The zero-order chi connectivity index (χ0) is 23.5. The summed E-state index contributed by atoms with van der Waals surface area (Å²) in [4.78, 5) is 28.3. The van der Waals surface area contributed by atoms with Gasteiger partial charge in [-0.15, -0.1) is 24.0 Å². The molecule has 0 aromatic heterocycles. The Kier molecular flexibility index (Phi) is 13.3. The maximum atomic E-state index is 12.3. The predicted molar refractivity (Wildman–Crippen MR) is 142 cm³/mol. The lowest BCUT2D eigenvalue weighted by atomic mass is 9.93. The number of alkyl carbamates (subject to hydrolysis) is 1. The monoisotopic (exact) mass is 561 g/mol. The molecule has 32 heavy (non-hydrogen) atoms. The number of amides is 2. The van der Waals surface area contributed by atoms with Gasteiger partial charge in [-0.05, 0) is 58.2 Å². The van der Waals surface area contributed by atoms with Crippen molar-refractivity contribution in [2.45, 2.75) is 79.0 Å². The highest BCUT2D eigenvalue weighted by molar-refractivity contribution is 14.0. The van der Waals surface area contributed by atoms with Gasteiger partial charge in [0.2, 0.25) is 5.91 Å². The molecule has 0 radical (unpaired) electrons. The van der Waals surface area contributed by atoms with Gasteiger partial charge >= 0.3 is 6.09 Å². The van der Waals surface area contributed by atoms with Gasteiger partial charge in [0.25, 0.3) is 0 Å². The number of aliphatic imine (C=N–C) groups is 1. The van der Waals surface area contributed by atoms with Crippen LogP contribution in [-0.4, -0.2) is 42.2 Å². The van der Waals surface area contributed by atoms with Crippen LogP contribution >= 0.6 is 24.0 Å². The number of rotatable bonds is 9. The molecule has 1 aromatic rings. The molecule has 1 aromatic carbocycles. The second-order valence-corrected chi connectivity index (χ2v) is 8.54. The summed E-state index contributed by atoms with van der Waals surface area (Å²) in [6.07, 6.45) is 1.07. The van der Waals surface area contributed by atoms with Crippen molar-refractivity contribution in [2.24, 2.45) is 4.99 Å². The molecule has 0 aliphatic rings. The molecule has 0 saturated carbocycles. The van der Waals surface area contributed by atoms with Crippen molar-refractivity contribution in [3.05, 3.63) is 29.8 Å². The number of hydrogen-bond acceptors (Lipinski definition) is 4. The molecular formula is C23H40IN5O3. The first-order valence-corrected chi connectivity index (χ1v) is 10.9.